The van der Waals surface area contributed by atoms with E-state index in [1.807, 2.05) is 24.3 Å². The third-order valence-electron chi connectivity index (χ3n) is 4.55. The van der Waals surface area contributed by atoms with Crippen molar-refractivity contribution in [2.24, 2.45) is 0 Å². The van der Waals surface area contributed by atoms with Gasteiger partial charge in [-0.05, 0) is 36.6 Å². The van der Waals surface area contributed by atoms with Gasteiger partial charge in [-0.3, -0.25) is 4.79 Å². The van der Waals surface area contributed by atoms with Crippen molar-refractivity contribution in [3.63, 3.8) is 0 Å². The van der Waals surface area contributed by atoms with Gasteiger partial charge in [-0.2, -0.15) is 0 Å². The first-order valence-corrected chi connectivity index (χ1v) is 9.00. The summed E-state index contributed by atoms with van der Waals surface area (Å²) in [7, 11) is 1.74. The molecule has 1 aliphatic rings. The molecule has 0 radical (unpaired) electrons. The van der Waals surface area contributed by atoms with Crippen LogP contribution in [-0.4, -0.2) is 47.9 Å². The molecule has 3 rings (SSSR count). The minimum atomic E-state index is -0.138. The highest BCUT2D eigenvalue weighted by Crippen LogP contribution is 2.17. The lowest BCUT2D eigenvalue weighted by Gasteiger charge is -2.32. The lowest BCUT2D eigenvalue weighted by atomic mass is 10.0. The van der Waals surface area contributed by atoms with Gasteiger partial charge in [-0.25, -0.2) is 4.79 Å². The first-order chi connectivity index (χ1) is 12.5. The highest BCUT2D eigenvalue weighted by Gasteiger charge is 2.26. The molecule has 1 fully saturated rings. The van der Waals surface area contributed by atoms with Crippen molar-refractivity contribution in [1.82, 2.24) is 15.1 Å². The zero-order valence-corrected chi connectivity index (χ0v) is 15.4. The minimum absolute atomic E-state index is 0.0526. The number of halogens is 1. The molecule has 0 bridgehead atoms. The zero-order valence-electron chi connectivity index (χ0n) is 14.7. The predicted molar refractivity (Wildman–Crippen MR) is 99.1 cm³/mol. The number of hydrogen-bond acceptors (Lipinski definition) is 3. The van der Waals surface area contributed by atoms with E-state index in [1.54, 1.807) is 29.0 Å². The maximum absolute atomic E-state index is 12.4. The highest BCUT2D eigenvalue weighted by atomic mass is 35.5. The van der Waals surface area contributed by atoms with Gasteiger partial charge in [0.2, 0.25) is 0 Å². The van der Waals surface area contributed by atoms with Crippen molar-refractivity contribution in [1.29, 1.82) is 0 Å². The smallest absolute Gasteiger partial charge is 0.317 e. The van der Waals surface area contributed by atoms with Crippen LogP contribution in [0, 0.1) is 0 Å². The van der Waals surface area contributed by atoms with Crippen LogP contribution in [0.2, 0.25) is 5.02 Å². The second kappa shape index (κ2) is 8.27. The van der Waals surface area contributed by atoms with Gasteiger partial charge < -0.3 is 19.5 Å². The number of carbonyl (C=O) groups is 2. The molecular formula is C19H22ClN3O3. The first-order valence-electron chi connectivity index (χ1n) is 8.62. The molecule has 0 saturated carbocycles. The Morgan fingerprint density at radius 2 is 1.96 bits per heavy atom. The Bertz CT molecular complexity index is 755. The van der Waals surface area contributed by atoms with Crippen molar-refractivity contribution >= 4 is 23.5 Å². The number of hydrogen-bond donors (Lipinski definition) is 1. The standard InChI is InChI=1S/C19H22ClN3O3/c1-22(13-14-5-2-3-6-16(14)20)19(25)21-15-8-10-23(11-9-15)18(24)17-7-4-12-26-17/h2-7,12,15H,8-11,13H2,1H3,(H,21,25). The van der Waals surface area contributed by atoms with Crippen molar-refractivity contribution in [3.05, 3.63) is 59.0 Å². The van der Waals surface area contributed by atoms with Crippen molar-refractivity contribution in [3.8, 4) is 0 Å². The predicted octanol–water partition coefficient (Wildman–Crippen LogP) is 3.38. The third kappa shape index (κ3) is 4.38. The summed E-state index contributed by atoms with van der Waals surface area (Å²) in [5, 5.41) is 3.68. The Hall–Kier alpha value is -2.47. The molecule has 26 heavy (non-hydrogen) atoms. The Morgan fingerprint density at radius 1 is 1.23 bits per heavy atom. The normalized spacial score (nSPS) is 14.9. The molecule has 138 valence electrons. The molecule has 1 aromatic heterocycles. The van der Waals surface area contributed by atoms with E-state index in [4.69, 9.17) is 16.0 Å². The van der Waals surface area contributed by atoms with Crippen molar-refractivity contribution in [2.75, 3.05) is 20.1 Å². The third-order valence-corrected chi connectivity index (χ3v) is 4.92. The number of urea groups is 1. The van der Waals surface area contributed by atoms with Gasteiger partial charge >= 0.3 is 6.03 Å². The zero-order chi connectivity index (χ0) is 18.5. The summed E-state index contributed by atoms with van der Waals surface area (Å²) in [4.78, 5) is 28.0. The summed E-state index contributed by atoms with van der Waals surface area (Å²) in [6.07, 6.45) is 2.94. The second-order valence-electron chi connectivity index (χ2n) is 6.44. The van der Waals surface area contributed by atoms with Crippen molar-refractivity contribution in [2.45, 2.75) is 25.4 Å². The van der Waals surface area contributed by atoms with E-state index in [2.05, 4.69) is 5.32 Å². The Kier molecular flexibility index (Phi) is 5.83. The van der Waals surface area contributed by atoms with Crippen LogP contribution in [0.1, 0.15) is 29.0 Å². The molecule has 7 heteroatoms. The molecular weight excluding hydrogens is 354 g/mol. The van der Waals surface area contributed by atoms with Crippen molar-refractivity contribution < 1.29 is 14.0 Å². The number of piperidine rings is 1. The van der Waals surface area contributed by atoms with E-state index in [1.165, 1.54) is 6.26 Å². The van der Waals surface area contributed by atoms with Crippen LogP contribution in [0.4, 0.5) is 4.79 Å². The first kappa shape index (κ1) is 18.3. The van der Waals surface area contributed by atoms with E-state index in [-0.39, 0.29) is 18.0 Å². The molecule has 0 aliphatic carbocycles. The number of nitrogens with zero attached hydrogens (tertiary/aromatic N) is 2. The Labute approximate surface area is 157 Å². The highest BCUT2D eigenvalue weighted by molar-refractivity contribution is 6.31. The van der Waals surface area contributed by atoms with Gasteiger partial charge in [0.1, 0.15) is 0 Å². The summed E-state index contributed by atoms with van der Waals surface area (Å²) in [5.41, 5.74) is 0.908. The minimum Gasteiger partial charge on any atom is -0.459 e. The average molecular weight is 376 g/mol. The van der Waals surface area contributed by atoms with Crippen LogP contribution >= 0.6 is 11.6 Å². The SMILES string of the molecule is CN(Cc1ccccc1Cl)C(=O)NC1CCN(C(=O)c2ccco2)CC1. The lowest BCUT2D eigenvalue weighted by Crippen LogP contribution is -2.49. The Morgan fingerprint density at radius 3 is 2.62 bits per heavy atom. The summed E-state index contributed by atoms with van der Waals surface area (Å²) >= 11 is 6.15. The largest absolute Gasteiger partial charge is 0.459 e. The Balaban J connectivity index is 1.47. The fraction of sp³-hybridized carbons (Fsp3) is 0.368. The van der Waals surface area contributed by atoms with Crippen LogP contribution in [0.25, 0.3) is 0 Å². The topological polar surface area (TPSA) is 65.8 Å². The molecule has 6 nitrogen and oxygen atoms in total. The number of amides is 3. The number of carbonyl (C=O) groups excluding carboxylic acids is 2. The molecule has 3 amide bonds. The summed E-state index contributed by atoms with van der Waals surface area (Å²) in [6, 6.07) is 10.8. The van der Waals surface area contributed by atoms with Crippen LogP contribution in [0.15, 0.2) is 47.1 Å². The van der Waals surface area contributed by atoms with Crippen LogP contribution in [-0.2, 0) is 6.54 Å². The fourth-order valence-electron chi connectivity index (χ4n) is 3.02. The molecule has 0 spiro atoms. The lowest BCUT2D eigenvalue weighted by molar-refractivity contribution is 0.0674. The number of rotatable bonds is 4. The molecule has 1 saturated heterocycles. The molecule has 0 atom stereocenters. The van der Waals surface area contributed by atoms with E-state index >= 15 is 0 Å². The maximum atomic E-state index is 12.4. The number of furan rings is 1. The quantitative estimate of drug-likeness (QED) is 0.890. The summed E-state index contributed by atoms with van der Waals surface area (Å²) < 4.78 is 5.16. The number of likely N-dealkylation sites (tertiary alicyclic amines) is 1. The van der Waals surface area contributed by atoms with E-state index in [0.717, 1.165) is 18.4 Å². The maximum Gasteiger partial charge on any atom is 0.317 e. The van der Waals surface area contributed by atoms with Gasteiger partial charge in [0.25, 0.3) is 5.91 Å². The van der Waals surface area contributed by atoms with Gasteiger partial charge in [-0.1, -0.05) is 29.8 Å². The summed E-state index contributed by atoms with van der Waals surface area (Å²) in [5.74, 6) is 0.252. The summed E-state index contributed by atoms with van der Waals surface area (Å²) in [6.45, 7) is 1.64. The van der Waals surface area contributed by atoms with E-state index in [9.17, 15) is 9.59 Å². The van der Waals surface area contributed by atoms with Gasteiger partial charge in [-0.15, -0.1) is 0 Å². The average Bonchev–Trinajstić information content (AvgIpc) is 3.18. The van der Waals surface area contributed by atoms with Gasteiger partial charge in [0.05, 0.1) is 6.26 Å². The molecule has 0 unspecified atom stereocenters. The van der Waals surface area contributed by atoms with Crippen LogP contribution in [0.3, 0.4) is 0 Å². The van der Waals surface area contributed by atoms with E-state index < -0.39 is 0 Å². The molecule has 1 aliphatic heterocycles. The molecule has 1 aromatic carbocycles. The molecule has 2 heterocycles. The van der Waals surface area contributed by atoms with Crippen LogP contribution in [0.5, 0.6) is 0 Å². The van der Waals surface area contributed by atoms with E-state index in [0.29, 0.717) is 30.4 Å². The second-order valence-corrected chi connectivity index (χ2v) is 6.85. The van der Waals surface area contributed by atoms with Gasteiger partial charge in [0.15, 0.2) is 5.76 Å². The monoisotopic (exact) mass is 375 g/mol. The number of nitrogens with one attached hydrogen (secondary N) is 1. The fourth-order valence-corrected chi connectivity index (χ4v) is 3.22. The molecule has 1 N–H and O–H groups in total. The number of benzene rings is 1. The van der Waals surface area contributed by atoms with Gasteiger partial charge in [0, 0.05) is 37.7 Å². The van der Waals surface area contributed by atoms with Crippen LogP contribution < -0.4 is 5.32 Å². The molecule has 2 aromatic rings.